The summed E-state index contributed by atoms with van der Waals surface area (Å²) >= 11 is 0. The molecule has 1 rings (SSSR count). The Morgan fingerprint density at radius 3 is 1.71 bits per heavy atom. The fourth-order valence-corrected chi connectivity index (χ4v) is 1.10. The first-order chi connectivity index (χ1) is 6.04. The van der Waals surface area contributed by atoms with Gasteiger partial charge in [-0.15, -0.1) is 0 Å². The van der Waals surface area contributed by atoms with Gasteiger partial charge in [-0.3, -0.25) is 0 Å². The Labute approximate surface area is 80.6 Å². The number of carbonyl (C=O) groups is 2. The van der Waals surface area contributed by atoms with E-state index in [-0.39, 0.29) is 22.8 Å². The van der Waals surface area contributed by atoms with Gasteiger partial charge in [-0.25, -0.2) is 9.59 Å². The largest absolute Gasteiger partial charge is 0.478 e. The SMILES string of the molecule is Cc1c(C(=O)O)cccc1C(=O)O.N. The summed E-state index contributed by atoms with van der Waals surface area (Å²) in [6.45, 7) is 1.48. The molecule has 5 heteroatoms. The molecular formula is C9H11NO4. The van der Waals surface area contributed by atoms with Crippen LogP contribution in [0.3, 0.4) is 0 Å². The van der Waals surface area contributed by atoms with Crippen LogP contribution in [0, 0.1) is 6.92 Å². The lowest BCUT2D eigenvalue weighted by Crippen LogP contribution is -2.06. The van der Waals surface area contributed by atoms with Crippen molar-refractivity contribution in [3.63, 3.8) is 0 Å². The van der Waals surface area contributed by atoms with Gasteiger partial charge in [0.2, 0.25) is 0 Å². The molecule has 0 unspecified atom stereocenters. The summed E-state index contributed by atoms with van der Waals surface area (Å²) in [7, 11) is 0. The number of carboxylic acids is 2. The molecule has 76 valence electrons. The Balaban J connectivity index is 0.00000169. The summed E-state index contributed by atoms with van der Waals surface area (Å²) in [4.78, 5) is 21.2. The third-order valence-corrected chi connectivity index (χ3v) is 1.79. The molecule has 0 fully saturated rings. The van der Waals surface area contributed by atoms with Crippen molar-refractivity contribution in [3.8, 4) is 0 Å². The number of rotatable bonds is 2. The van der Waals surface area contributed by atoms with E-state index >= 15 is 0 Å². The highest BCUT2D eigenvalue weighted by atomic mass is 16.4. The molecule has 5 N–H and O–H groups in total. The summed E-state index contributed by atoms with van der Waals surface area (Å²) in [5, 5.41) is 17.4. The molecule has 5 nitrogen and oxygen atoms in total. The molecule has 0 aliphatic carbocycles. The Bertz CT molecular complexity index is 341. The molecule has 0 heterocycles. The topological polar surface area (TPSA) is 110 Å². The highest BCUT2D eigenvalue weighted by molar-refractivity contribution is 5.96. The van der Waals surface area contributed by atoms with Gasteiger partial charge < -0.3 is 16.4 Å². The average molecular weight is 197 g/mol. The fraction of sp³-hybridized carbons (Fsp3) is 0.111. The first-order valence-corrected chi connectivity index (χ1v) is 3.60. The molecule has 0 radical (unpaired) electrons. The standard InChI is InChI=1S/C9H8O4.H3N/c1-5-6(8(10)11)3-2-4-7(5)9(12)13;/h2-4H,1H3,(H,10,11)(H,12,13);1H3. The monoisotopic (exact) mass is 197 g/mol. The van der Waals surface area contributed by atoms with E-state index in [4.69, 9.17) is 10.2 Å². The number of hydrogen-bond donors (Lipinski definition) is 3. The van der Waals surface area contributed by atoms with E-state index < -0.39 is 11.9 Å². The molecule has 0 aliphatic heterocycles. The molecule has 0 bridgehead atoms. The third-order valence-electron chi connectivity index (χ3n) is 1.79. The molecule has 0 aliphatic rings. The minimum atomic E-state index is -1.11. The Morgan fingerprint density at radius 2 is 1.43 bits per heavy atom. The van der Waals surface area contributed by atoms with Crippen molar-refractivity contribution < 1.29 is 19.8 Å². The quantitative estimate of drug-likeness (QED) is 0.666. The molecule has 0 atom stereocenters. The van der Waals surface area contributed by atoms with Crippen LogP contribution in [0.4, 0.5) is 0 Å². The maximum absolute atomic E-state index is 10.6. The normalized spacial score (nSPS) is 8.93. The smallest absolute Gasteiger partial charge is 0.335 e. The van der Waals surface area contributed by atoms with Gasteiger partial charge in [0.15, 0.2) is 0 Å². The molecule has 0 amide bonds. The van der Waals surface area contributed by atoms with Crippen LogP contribution in [0.25, 0.3) is 0 Å². The van der Waals surface area contributed by atoms with Gasteiger partial charge in [-0.2, -0.15) is 0 Å². The van der Waals surface area contributed by atoms with E-state index in [1.807, 2.05) is 0 Å². The number of carboxylic acid groups (broad SMARTS) is 2. The van der Waals surface area contributed by atoms with E-state index in [2.05, 4.69) is 0 Å². The lowest BCUT2D eigenvalue weighted by Gasteiger charge is -2.03. The second kappa shape index (κ2) is 4.38. The molecule has 1 aromatic carbocycles. The molecule has 1 aromatic rings. The van der Waals surface area contributed by atoms with E-state index in [1.165, 1.54) is 25.1 Å². The van der Waals surface area contributed by atoms with Crippen LogP contribution < -0.4 is 6.15 Å². The van der Waals surface area contributed by atoms with Gasteiger partial charge in [-0.1, -0.05) is 6.07 Å². The molecule has 0 saturated carbocycles. The minimum absolute atomic E-state index is 0. The van der Waals surface area contributed by atoms with Crippen LogP contribution in [0.2, 0.25) is 0 Å². The molecule has 14 heavy (non-hydrogen) atoms. The minimum Gasteiger partial charge on any atom is -0.478 e. The van der Waals surface area contributed by atoms with Gasteiger partial charge in [0, 0.05) is 0 Å². The van der Waals surface area contributed by atoms with Gasteiger partial charge >= 0.3 is 11.9 Å². The fourth-order valence-electron chi connectivity index (χ4n) is 1.10. The van der Waals surface area contributed by atoms with Crippen molar-refractivity contribution in [1.29, 1.82) is 0 Å². The maximum atomic E-state index is 10.6. The van der Waals surface area contributed by atoms with E-state index in [0.29, 0.717) is 0 Å². The van der Waals surface area contributed by atoms with Crippen molar-refractivity contribution in [2.45, 2.75) is 6.92 Å². The highest BCUT2D eigenvalue weighted by Crippen LogP contribution is 2.13. The van der Waals surface area contributed by atoms with E-state index in [1.54, 1.807) is 0 Å². The molecule has 0 spiro atoms. The van der Waals surface area contributed by atoms with Crippen LogP contribution in [0.1, 0.15) is 26.3 Å². The van der Waals surface area contributed by atoms with Crippen molar-refractivity contribution in [2.75, 3.05) is 0 Å². The summed E-state index contributed by atoms with van der Waals surface area (Å²) in [5.41, 5.74) is 0.335. The Kier molecular flexibility index (Phi) is 3.79. The van der Waals surface area contributed by atoms with Crippen LogP contribution in [0.5, 0.6) is 0 Å². The highest BCUT2D eigenvalue weighted by Gasteiger charge is 2.13. The van der Waals surface area contributed by atoms with Crippen LogP contribution in [0.15, 0.2) is 18.2 Å². The lowest BCUT2D eigenvalue weighted by atomic mass is 10.0. The predicted molar refractivity (Wildman–Crippen MR) is 50.1 cm³/mol. The van der Waals surface area contributed by atoms with Gasteiger partial charge in [-0.05, 0) is 24.6 Å². The van der Waals surface area contributed by atoms with Crippen molar-refractivity contribution >= 4 is 11.9 Å². The van der Waals surface area contributed by atoms with Gasteiger partial charge in [0.25, 0.3) is 0 Å². The van der Waals surface area contributed by atoms with Crippen molar-refractivity contribution in [1.82, 2.24) is 6.15 Å². The summed E-state index contributed by atoms with van der Waals surface area (Å²) in [6.07, 6.45) is 0. The number of hydrogen-bond acceptors (Lipinski definition) is 3. The Morgan fingerprint density at radius 1 is 1.07 bits per heavy atom. The first-order valence-electron chi connectivity index (χ1n) is 3.60. The van der Waals surface area contributed by atoms with Crippen LogP contribution >= 0.6 is 0 Å². The summed E-state index contributed by atoms with van der Waals surface area (Å²) in [6, 6.07) is 4.17. The van der Waals surface area contributed by atoms with Crippen molar-refractivity contribution in [3.05, 3.63) is 34.9 Å². The summed E-state index contributed by atoms with van der Waals surface area (Å²) < 4.78 is 0. The molecular weight excluding hydrogens is 186 g/mol. The second-order valence-electron chi connectivity index (χ2n) is 2.59. The van der Waals surface area contributed by atoms with Crippen LogP contribution in [-0.2, 0) is 0 Å². The zero-order valence-electron chi connectivity index (χ0n) is 7.65. The predicted octanol–water partition coefficient (Wildman–Crippen LogP) is 1.55. The zero-order chi connectivity index (χ0) is 10.0. The maximum Gasteiger partial charge on any atom is 0.335 e. The third kappa shape index (κ3) is 2.08. The van der Waals surface area contributed by atoms with Crippen LogP contribution in [-0.4, -0.2) is 22.2 Å². The first kappa shape index (κ1) is 12.1. The van der Waals surface area contributed by atoms with E-state index in [9.17, 15) is 9.59 Å². The number of benzene rings is 1. The average Bonchev–Trinajstić information content (AvgIpc) is 2.03. The van der Waals surface area contributed by atoms with Gasteiger partial charge in [0.05, 0.1) is 11.1 Å². The second-order valence-corrected chi connectivity index (χ2v) is 2.59. The zero-order valence-corrected chi connectivity index (χ0v) is 7.65. The number of aromatic carboxylic acids is 2. The van der Waals surface area contributed by atoms with Crippen molar-refractivity contribution in [2.24, 2.45) is 0 Å². The molecule has 0 saturated heterocycles. The summed E-state index contributed by atoms with van der Waals surface area (Å²) in [5.74, 6) is -2.22. The lowest BCUT2D eigenvalue weighted by molar-refractivity contribution is 0.0696. The van der Waals surface area contributed by atoms with E-state index in [0.717, 1.165) is 0 Å². The van der Waals surface area contributed by atoms with Gasteiger partial charge in [0.1, 0.15) is 0 Å². The molecule has 0 aromatic heterocycles. The Hall–Kier alpha value is -1.88.